The van der Waals surface area contributed by atoms with Crippen molar-refractivity contribution in [2.45, 2.75) is 13.8 Å². The Morgan fingerprint density at radius 3 is 1.10 bits per heavy atom. The van der Waals surface area contributed by atoms with Gasteiger partial charge in [0.1, 0.15) is 0 Å². The summed E-state index contributed by atoms with van der Waals surface area (Å²) in [6.45, 7) is 4.00. The number of nitrogens with zero attached hydrogens (tertiary/aromatic N) is 4. The van der Waals surface area contributed by atoms with Crippen molar-refractivity contribution >= 4 is 70.2 Å². The van der Waals surface area contributed by atoms with E-state index < -0.39 is 23.9 Å². The first kappa shape index (κ1) is 31.5. The summed E-state index contributed by atoms with van der Waals surface area (Å²) >= 11 is 0. The van der Waals surface area contributed by atoms with Crippen LogP contribution >= 0.6 is 0 Å². The van der Waals surface area contributed by atoms with Crippen LogP contribution in [0.1, 0.15) is 78.1 Å². The zero-order valence-corrected chi connectivity index (χ0v) is 24.3. The molecule has 8 bridgehead atoms. The molecule has 0 aromatic carbocycles. The molecule has 2 aliphatic heterocycles. The largest absolute Gasteiger partial charge is 3.00 e. The summed E-state index contributed by atoms with van der Waals surface area (Å²) in [6.07, 6.45) is 5.84. The molecule has 0 spiro atoms. The molecule has 1 N–H and O–H groups in total. The first-order chi connectivity index (χ1) is 19.8. The molecular formula is C29H24MnN4O8+. The number of ether oxygens (including phenoxy) is 3. The maximum absolute atomic E-state index is 12.8. The predicted octanol–water partition coefficient (Wildman–Crippen LogP) is 4.00. The van der Waals surface area contributed by atoms with Crippen LogP contribution in [0.4, 0.5) is 0 Å². The van der Waals surface area contributed by atoms with Gasteiger partial charge in [0.15, 0.2) is 0 Å². The van der Waals surface area contributed by atoms with Gasteiger partial charge in [-0.1, -0.05) is 38.1 Å². The van der Waals surface area contributed by atoms with Crippen LogP contribution in [-0.4, -0.2) is 60.3 Å². The third kappa shape index (κ3) is 5.60. The fourth-order valence-electron chi connectivity index (χ4n) is 4.24. The molecule has 0 fully saturated rings. The van der Waals surface area contributed by atoms with E-state index in [1.54, 1.807) is 0 Å². The molecule has 0 amide bonds. The monoisotopic (exact) mass is 611 g/mol. The SMILES string of the molecule is CC.COC(=O)c1c2nc(c(C(=O)OC)c3ccc([n-]3)c(C(=O)OC)c3nc(c(C(=O)O)c4ccc1[n-]4)C=C3)C=C2.[Mn+3]. The molecule has 0 saturated heterocycles. The number of hydrogen-bond donors (Lipinski definition) is 1. The number of carboxylic acids is 1. The first-order valence-electron chi connectivity index (χ1n) is 12.3. The smallest absolute Gasteiger partial charge is 0.656 e. The van der Waals surface area contributed by atoms with Crippen LogP contribution in [0, 0.1) is 0 Å². The maximum atomic E-state index is 12.8. The van der Waals surface area contributed by atoms with Crippen molar-refractivity contribution < 1.29 is 55.6 Å². The summed E-state index contributed by atoms with van der Waals surface area (Å²) in [5.74, 6) is -3.64. The van der Waals surface area contributed by atoms with E-state index >= 15 is 0 Å². The Hall–Kier alpha value is -5.00. The van der Waals surface area contributed by atoms with E-state index in [4.69, 9.17) is 14.2 Å². The fourth-order valence-corrected chi connectivity index (χ4v) is 4.24. The van der Waals surface area contributed by atoms with Gasteiger partial charge in [0, 0.05) is 0 Å². The second-order valence-electron chi connectivity index (χ2n) is 8.14. The van der Waals surface area contributed by atoms with Gasteiger partial charge >= 0.3 is 40.9 Å². The topological polar surface area (TPSA) is 170 Å². The number of carbonyl (C=O) groups is 4. The Labute approximate surface area is 249 Å². The molecule has 5 rings (SSSR count). The number of aromatic carboxylic acids is 1. The molecule has 13 heteroatoms. The van der Waals surface area contributed by atoms with E-state index in [1.807, 2.05) is 13.8 Å². The van der Waals surface area contributed by atoms with Crippen molar-refractivity contribution in [3.8, 4) is 0 Å². The minimum absolute atomic E-state index is 0. The van der Waals surface area contributed by atoms with Gasteiger partial charge in [-0.25, -0.2) is 29.1 Å². The molecule has 0 saturated carbocycles. The number of methoxy groups -OCH3 is 3. The summed E-state index contributed by atoms with van der Waals surface area (Å²) < 4.78 is 14.8. The molecule has 0 aliphatic carbocycles. The molecule has 0 atom stereocenters. The minimum Gasteiger partial charge on any atom is -0.656 e. The van der Waals surface area contributed by atoms with E-state index in [0.717, 1.165) is 0 Å². The van der Waals surface area contributed by atoms with Crippen molar-refractivity contribution in [3.63, 3.8) is 0 Å². The third-order valence-corrected chi connectivity index (χ3v) is 5.99. The normalized spacial score (nSPS) is 11.1. The second-order valence-corrected chi connectivity index (χ2v) is 8.14. The number of rotatable bonds is 4. The van der Waals surface area contributed by atoms with Gasteiger partial charge in [-0.3, -0.25) is 0 Å². The predicted molar refractivity (Wildman–Crippen MR) is 149 cm³/mol. The number of aromatic nitrogens is 4. The Bertz CT molecular complexity index is 1800. The van der Waals surface area contributed by atoms with E-state index in [-0.39, 0.29) is 84.2 Å². The molecular weight excluding hydrogens is 587 g/mol. The molecule has 2 aliphatic rings. The summed E-state index contributed by atoms with van der Waals surface area (Å²) in [4.78, 5) is 68.4. The first-order valence-corrected chi connectivity index (χ1v) is 12.3. The number of carboxylic acid groups (broad SMARTS) is 1. The molecule has 3 aromatic rings. The Balaban J connectivity index is 0.00000158. The standard InChI is InChI=1S/C27H20N4O8.C2H6.Mn/c1-37-25(34)21-14-6-4-12(28-14)20(24(32)33)13-5-7-15(29-13)22(26(35)38-2)17-9-11-19(31-17)23(27(36)39-3)18-10-8-16(21)30-18;1-2;/h4-11H,1-3H3,(H3,28,29,30,31,32,33,34,35,36);1-2H3;/q;;+3/p-2. The minimum atomic E-state index is -1.33. The molecule has 0 unspecified atom stereocenters. The van der Waals surface area contributed by atoms with Gasteiger partial charge in [0.25, 0.3) is 0 Å². The van der Waals surface area contributed by atoms with Crippen LogP contribution in [0.3, 0.4) is 0 Å². The van der Waals surface area contributed by atoms with Crippen molar-refractivity contribution in [2.75, 3.05) is 21.3 Å². The van der Waals surface area contributed by atoms with Crippen molar-refractivity contribution in [2.24, 2.45) is 0 Å². The molecule has 214 valence electrons. The van der Waals surface area contributed by atoms with Gasteiger partial charge in [-0.2, -0.15) is 0 Å². The Morgan fingerprint density at radius 1 is 0.571 bits per heavy atom. The summed E-state index contributed by atoms with van der Waals surface area (Å²) in [5.41, 5.74) is 0.322. The van der Waals surface area contributed by atoms with E-state index in [1.165, 1.54) is 69.9 Å². The molecule has 3 aromatic heterocycles. The number of esters is 3. The number of carbonyl (C=O) groups excluding carboxylic acids is 3. The number of fused-ring (bicyclic) bond motifs is 8. The van der Waals surface area contributed by atoms with Gasteiger partial charge in [0.05, 0.1) is 66.4 Å². The quantitative estimate of drug-likeness (QED) is 0.176. The zero-order valence-electron chi connectivity index (χ0n) is 23.1. The molecule has 12 nitrogen and oxygen atoms in total. The van der Waals surface area contributed by atoms with E-state index in [2.05, 4.69) is 19.9 Å². The maximum Gasteiger partial charge on any atom is 3.00 e. The Morgan fingerprint density at radius 2 is 0.833 bits per heavy atom. The molecule has 5 heterocycles. The molecule has 0 radical (unpaired) electrons. The second kappa shape index (κ2) is 13.1. The van der Waals surface area contributed by atoms with E-state index in [0.29, 0.717) is 0 Å². The summed E-state index contributed by atoms with van der Waals surface area (Å²) in [7, 11) is 3.56. The van der Waals surface area contributed by atoms with Crippen LogP contribution in [0.25, 0.3) is 46.4 Å². The Kier molecular flexibility index (Phi) is 9.84. The van der Waals surface area contributed by atoms with Crippen molar-refractivity contribution in [1.82, 2.24) is 19.9 Å². The van der Waals surface area contributed by atoms with E-state index in [9.17, 15) is 24.3 Å². The van der Waals surface area contributed by atoms with Crippen LogP contribution < -0.4 is 9.97 Å². The average Bonchev–Trinajstić information content (AvgIpc) is 3.79. The van der Waals surface area contributed by atoms with Crippen LogP contribution in [0.5, 0.6) is 0 Å². The van der Waals surface area contributed by atoms with Gasteiger partial charge < -0.3 is 29.3 Å². The van der Waals surface area contributed by atoms with Crippen LogP contribution in [-0.2, 0) is 31.3 Å². The number of hydrogen-bond acceptors (Lipinski definition) is 9. The third-order valence-electron chi connectivity index (χ3n) is 5.99. The van der Waals surface area contributed by atoms with Crippen molar-refractivity contribution in [3.05, 3.63) is 69.3 Å². The van der Waals surface area contributed by atoms with Gasteiger partial charge in [-0.15, -0.1) is 22.1 Å². The van der Waals surface area contributed by atoms with Crippen molar-refractivity contribution in [1.29, 1.82) is 0 Å². The summed E-state index contributed by atoms with van der Waals surface area (Å²) in [6, 6.07) is 5.84. The van der Waals surface area contributed by atoms with Crippen LogP contribution in [0.15, 0.2) is 24.3 Å². The van der Waals surface area contributed by atoms with Gasteiger partial charge in [-0.05, 0) is 24.3 Å². The van der Waals surface area contributed by atoms with Crippen LogP contribution in [0.2, 0.25) is 0 Å². The zero-order chi connectivity index (χ0) is 29.8. The van der Waals surface area contributed by atoms with Gasteiger partial charge in [0.2, 0.25) is 0 Å². The average molecular weight is 611 g/mol. The summed E-state index contributed by atoms with van der Waals surface area (Å²) in [5, 5.41) is 10.0. The fraction of sp³-hybridized carbons (Fsp3) is 0.172. The molecule has 42 heavy (non-hydrogen) atoms.